The molecule has 0 saturated heterocycles. The van der Waals surface area contributed by atoms with Crippen LogP contribution in [0.15, 0.2) is 23.1 Å². The third kappa shape index (κ3) is 3.99. The van der Waals surface area contributed by atoms with E-state index >= 15 is 0 Å². The summed E-state index contributed by atoms with van der Waals surface area (Å²) in [6, 6.07) is 3.69. The van der Waals surface area contributed by atoms with Crippen molar-refractivity contribution in [3.05, 3.63) is 29.6 Å². The zero-order valence-corrected chi connectivity index (χ0v) is 11.5. The van der Waals surface area contributed by atoms with Crippen LogP contribution in [0.2, 0.25) is 0 Å². The zero-order valence-electron chi connectivity index (χ0n) is 10.7. The van der Waals surface area contributed by atoms with Gasteiger partial charge in [0.1, 0.15) is 5.82 Å². The maximum atomic E-state index is 13.3. The minimum absolute atomic E-state index is 0.0170. The molecule has 1 saturated carbocycles. The molecule has 1 aliphatic rings. The summed E-state index contributed by atoms with van der Waals surface area (Å²) in [5, 5.41) is 0. The fourth-order valence-electron chi connectivity index (χ4n) is 1.96. The Morgan fingerprint density at radius 3 is 2.74 bits per heavy atom. The lowest BCUT2D eigenvalue weighted by Gasteiger charge is -2.08. The standard InChI is InChI=1S/C13H19FN2O2S/c14-13-6-5-12(8-11(13)9-15)19(17,18)16-7-1-2-10-3-4-10/h5-6,8,10,16H,1-4,7,9,15H2. The van der Waals surface area contributed by atoms with Gasteiger partial charge in [-0.2, -0.15) is 0 Å². The van der Waals surface area contributed by atoms with E-state index in [9.17, 15) is 12.8 Å². The summed E-state index contributed by atoms with van der Waals surface area (Å²) < 4.78 is 39.8. The van der Waals surface area contributed by atoms with Crippen LogP contribution < -0.4 is 10.5 Å². The molecule has 1 aromatic rings. The Hall–Kier alpha value is -0.980. The van der Waals surface area contributed by atoms with Crippen LogP contribution in [0.1, 0.15) is 31.2 Å². The summed E-state index contributed by atoms with van der Waals surface area (Å²) in [4.78, 5) is 0.0702. The molecular weight excluding hydrogens is 267 g/mol. The van der Waals surface area contributed by atoms with E-state index in [-0.39, 0.29) is 17.0 Å². The van der Waals surface area contributed by atoms with Gasteiger partial charge < -0.3 is 5.73 Å². The Labute approximate surface area is 113 Å². The number of hydrogen-bond acceptors (Lipinski definition) is 3. The van der Waals surface area contributed by atoms with Gasteiger partial charge in [-0.25, -0.2) is 17.5 Å². The fourth-order valence-corrected chi connectivity index (χ4v) is 3.09. The van der Waals surface area contributed by atoms with Crippen LogP contribution >= 0.6 is 0 Å². The van der Waals surface area contributed by atoms with Gasteiger partial charge in [0.25, 0.3) is 0 Å². The smallest absolute Gasteiger partial charge is 0.240 e. The first-order valence-corrected chi connectivity index (χ1v) is 7.99. The van der Waals surface area contributed by atoms with Crippen LogP contribution in [0.25, 0.3) is 0 Å². The van der Waals surface area contributed by atoms with Gasteiger partial charge in [0.15, 0.2) is 0 Å². The van der Waals surface area contributed by atoms with Gasteiger partial charge in [-0.15, -0.1) is 0 Å². The molecule has 0 bridgehead atoms. The number of nitrogens with one attached hydrogen (secondary N) is 1. The maximum absolute atomic E-state index is 13.3. The predicted octanol–water partition coefficient (Wildman–Crippen LogP) is 1.75. The third-order valence-electron chi connectivity index (χ3n) is 3.33. The first kappa shape index (κ1) is 14.4. The number of hydrogen-bond donors (Lipinski definition) is 2. The van der Waals surface area contributed by atoms with Gasteiger partial charge in [0, 0.05) is 18.7 Å². The normalized spacial score (nSPS) is 15.7. The van der Waals surface area contributed by atoms with Crippen LogP contribution in [0.5, 0.6) is 0 Å². The van der Waals surface area contributed by atoms with E-state index in [1.807, 2.05) is 0 Å². The monoisotopic (exact) mass is 286 g/mol. The van der Waals surface area contributed by atoms with Crippen LogP contribution in [-0.4, -0.2) is 15.0 Å². The van der Waals surface area contributed by atoms with Crippen molar-refractivity contribution in [1.29, 1.82) is 0 Å². The molecule has 19 heavy (non-hydrogen) atoms. The van der Waals surface area contributed by atoms with Crippen molar-refractivity contribution in [3.63, 3.8) is 0 Å². The van der Waals surface area contributed by atoms with Gasteiger partial charge in [-0.3, -0.25) is 0 Å². The van der Waals surface area contributed by atoms with Crippen molar-refractivity contribution in [1.82, 2.24) is 4.72 Å². The highest BCUT2D eigenvalue weighted by atomic mass is 32.2. The molecule has 0 atom stereocenters. The first-order valence-electron chi connectivity index (χ1n) is 6.51. The minimum atomic E-state index is -3.56. The molecule has 2 rings (SSSR count). The second-order valence-corrected chi connectivity index (χ2v) is 6.71. The van der Waals surface area contributed by atoms with Crippen molar-refractivity contribution < 1.29 is 12.8 Å². The molecule has 0 aromatic heterocycles. The lowest BCUT2D eigenvalue weighted by Crippen LogP contribution is -2.25. The van der Waals surface area contributed by atoms with Crippen molar-refractivity contribution in [2.24, 2.45) is 11.7 Å². The highest BCUT2D eigenvalue weighted by Gasteiger charge is 2.21. The average Bonchev–Trinajstić information content (AvgIpc) is 3.19. The number of nitrogens with two attached hydrogens (primary N) is 1. The zero-order chi connectivity index (χ0) is 13.9. The number of benzene rings is 1. The summed E-state index contributed by atoms with van der Waals surface area (Å²) in [5.74, 6) is 0.314. The lowest BCUT2D eigenvalue weighted by molar-refractivity contribution is 0.571. The molecule has 1 aromatic carbocycles. The van der Waals surface area contributed by atoms with E-state index in [0.717, 1.165) is 24.8 Å². The van der Waals surface area contributed by atoms with Crippen LogP contribution in [-0.2, 0) is 16.6 Å². The molecule has 0 radical (unpaired) electrons. The van der Waals surface area contributed by atoms with Crippen molar-refractivity contribution in [3.8, 4) is 0 Å². The molecule has 4 nitrogen and oxygen atoms in total. The Kier molecular flexibility index (Phi) is 4.54. The second kappa shape index (κ2) is 5.98. The number of sulfonamides is 1. The number of rotatable bonds is 7. The van der Waals surface area contributed by atoms with E-state index < -0.39 is 15.8 Å². The quantitative estimate of drug-likeness (QED) is 0.750. The van der Waals surface area contributed by atoms with E-state index in [1.54, 1.807) is 0 Å². The topological polar surface area (TPSA) is 72.2 Å². The Balaban J connectivity index is 1.97. The molecule has 0 heterocycles. The van der Waals surface area contributed by atoms with E-state index in [4.69, 9.17) is 5.73 Å². The Morgan fingerprint density at radius 1 is 1.37 bits per heavy atom. The molecular formula is C13H19FN2O2S. The third-order valence-corrected chi connectivity index (χ3v) is 4.78. The van der Waals surface area contributed by atoms with Crippen molar-refractivity contribution >= 4 is 10.0 Å². The molecule has 106 valence electrons. The van der Waals surface area contributed by atoms with E-state index in [1.165, 1.54) is 25.0 Å². The van der Waals surface area contributed by atoms with Crippen LogP contribution in [0.4, 0.5) is 4.39 Å². The summed E-state index contributed by atoms with van der Waals surface area (Å²) in [6.07, 6.45) is 4.45. The number of halogens is 1. The van der Waals surface area contributed by atoms with Crippen molar-refractivity contribution in [2.45, 2.75) is 37.1 Å². The summed E-state index contributed by atoms with van der Waals surface area (Å²) >= 11 is 0. The molecule has 3 N–H and O–H groups in total. The molecule has 0 unspecified atom stereocenters. The molecule has 0 spiro atoms. The van der Waals surface area contributed by atoms with Crippen LogP contribution in [0, 0.1) is 11.7 Å². The summed E-state index contributed by atoms with van der Waals surface area (Å²) in [5.41, 5.74) is 5.58. The lowest BCUT2D eigenvalue weighted by atomic mass is 10.2. The van der Waals surface area contributed by atoms with Gasteiger partial charge in [0.2, 0.25) is 10.0 Å². The van der Waals surface area contributed by atoms with Crippen molar-refractivity contribution in [2.75, 3.05) is 6.54 Å². The molecule has 1 fully saturated rings. The SMILES string of the molecule is NCc1cc(S(=O)(=O)NCCCC2CC2)ccc1F. The van der Waals surface area contributed by atoms with E-state index in [2.05, 4.69) is 4.72 Å². The Morgan fingerprint density at radius 2 is 2.11 bits per heavy atom. The first-order chi connectivity index (χ1) is 9.03. The highest BCUT2D eigenvalue weighted by Crippen LogP contribution is 2.33. The predicted molar refractivity (Wildman–Crippen MR) is 71.4 cm³/mol. The molecule has 1 aliphatic carbocycles. The van der Waals surface area contributed by atoms with Gasteiger partial charge in [0.05, 0.1) is 4.90 Å². The molecule has 0 amide bonds. The van der Waals surface area contributed by atoms with Gasteiger partial charge >= 0.3 is 0 Å². The minimum Gasteiger partial charge on any atom is -0.326 e. The highest BCUT2D eigenvalue weighted by molar-refractivity contribution is 7.89. The summed E-state index contributed by atoms with van der Waals surface area (Å²) in [7, 11) is -3.56. The Bertz CT molecular complexity index is 542. The van der Waals surface area contributed by atoms with Crippen LogP contribution in [0.3, 0.4) is 0 Å². The van der Waals surface area contributed by atoms with Gasteiger partial charge in [-0.1, -0.05) is 12.8 Å². The molecule has 0 aliphatic heterocycles. The van der Waals surface area contributed by atoms with Gasteiger partial charge in [-0.05, 0) is 37.0 Å². The second-order valence-electron chi connectivity index (χ2n) is 4.94. The average molecular weight is 286 g/mol. The molecule has 6 heteroatoms. The maximum Gasteiger partial charge on any atom is 0.240 e. The summed E-state index contributed by atoms with van der Waals surface area (Å²) in [6.45, 7) is 0.408. The van der Waals surface area contributed by atoms with E-state index in [0.29, 0.717) is 6.54 Å². The largest absolute Gasteiger partial charge is 0.326 e. The fraction of sp³-hybridized carbons (Fsp3) is 0.538.